The molecule has 2 aromatic carbocycles. The largest absolute Gasteiger partial charge is 0.228 e. The Labute approximate surface area is 131 Å². The molecular weight excluding hydrogens is 315 g/mol. The summed E-state index contributed by atoms with van der Waals surface area (Å²) < 4.78 is 0. The van der Waals surface area contributed by atoms with E-state index < -0.39 is 0 Å². The molecule has 0 unspecified atom stereocenters. The second kappa shape index (κ2) is 5.21. The molecule has 0 spiro atoms. The maximum Gasteiger partial charge on any atom is 0.161 e. The van der Waals surface area contributed by atoms with Crippen molar-refractivity contribution in [3.05, 3.63) is 57.2 Å². The maximum absolute atomic E-state index is 6.21. The lowest BCUT2D eigenvalue weighted by Gasteiger charge is -2.06. The molecule has 0 aliphatic heterocycles. The van der Waals surface area contributed by atoms with Crippen molar-refractivity contribution in [2.75, 3.05) is 0 Å². The fraction of sp³-hybridized carbons (Fsp3) is 0.0667. The van der Waals surface area contributed by atoms with Crippen molar-refractivity contribution in [3.8, 4) is 11.4 Å². The van der Waals surface area contributed by atoms with Crippen molar-refractivity contribution >= 4 is 45.7 Å². The van der Waals surface area contributed by atoms with E-state index in [1.165, 1.54) is 0 Å². The molecule has 1 heterocycles. The number of hydrogen-bond acceptors (Lipinski definition) is 2. The van der Waals surface area contributed by atoms with Crippen LogP contribution in [0.5, 0.6) is 0 Å². The van der Waals surface area contributed by atoms with Gasteiger partial charge in [-0.15, -0.1) is 0 Å². The Kier molecular flexibility index (Phi) is 3.55. The highest BCUT2D eigenvalue weighted by molar-refractivity contribution is 6.35. The van der Waals surface area contributed by atoms with Gasteiger partial charge in [-0.2, -0.15) is 0 Å². The molecule has 3 rings (SSSR count). The minimum Gasteiger partial charge on any atom is -0.228 e. The zero-order valence-corrected chi connectivity index (χ0v) is 12.8. The summed E-state index contributed by atoms with van der Waals surface area (Å²) in [6, 6.07) is 11.0. The number of benzene rings is 2. The molecule has 3 aromatic rings. The van der Waals surface area contributed by atoms with E-state index in [1.54, 1.807) is 12.1 Å². The lowest BCUT2D eigenvalue weighted by Crippen LogP contribution is -1.92. The van der Waals surface area contributed by atoms with Crippen LogP contribution in [0.3, 0.4) is 0 Å². The van der Waals surface area contributed by atoms with Crippen molar-refractivity contribution in [2.45, 2.75) is 6.92 Å². The number of rotatable bonds is 1. The predicted molar refractivity (Wildman–Crippen MR) is 84.7 cm³/mol. The molecular formula is C15H9Cl3N2. The first-order valence-electron chi connectivity index (χ1n) is 5.94. The van der Waals surface area contributed by atoms with Crippen molar-refractivity contribution < 1.29 is 0 Å². The Morgan fingerprint density at radius 3 is 2.45 bits per heavy atom. The summed E-state index contributed by atoms with van der Waals surface area (Å²) in [6.07, 6.45) is 0. The highest BCUT2D eigenvalue weighted by atomic mass is 35.5. The van der Waals surface area contributed by atoms with Gasteiger partial charge in [-0.1, -0.05) is 46.9 Å². The van der Waals surface area contributed by atoms with Crippen molar-refractivity contribution in [2.24, 2.45) is 0 Å². The van der Waals surface area contributed by atoms with Crippen LogP contribution in [0.4, 0.5) is 0 Å². The SMILES string of the molecule is Cc1ccc(-c2nc(Cl)c3ccc(Cl)cc3n2)cc1Cl. The fourth-order valence-electron chi connectivity index (χ4n) is 1.93. The fourth-order valence-corrected chi connectivity index (χ4v) is 2.51. The number of hydrogen-bond donors (Lipinski definition) is 0. The number of fused-ring (bicyclic) bond motifs is 1. The molecule has 0 aliphatic carbocycles. The maximum atomic E-state index is 6.21. The van der Waals surface area contributed by atoms with Gasteiger partial charge in [0, 0.05) is 21.0 Å². The topological polar surface area (TPSA) is 25.8 Å². The summed E-state index contributed by atoms with van der Waals surface area (Å²) in [4.78, 5) is 8.82. The van der Waals surface area contributed by atoms with E-state index >= 15 is 0 Å². The van der Waals surface area contributed by atoms with Crippen LogP contribution in [0.1, 0.15) is 5.56 Å². The average Bonchev–Trinajstić information content (AvgIpc) is 2.41. The molecule has 0 saturated carbocycles. The van der Waals surface area contributed by atoms with Gasteiger partial charge in [0.05, 0.1) is 5.52 Å². The first kappa shape index (κ1) is 13.6. The average molecular weight is 324 g/mol. The van der Waals surface area contributed by atoms with E-state index in [4.69, 9.17) is 34.8 Å². The van der Waals surface area contributed by atoms with Crippen molar-refractivity contribution in [3.63, 3.8) is 0 Å². The van der Waals surface area contributed by atoms with Crippen LogP contribution in [0, 0.1) is 6.92 Å². The van der Waals surface area contributed by atoms with Gasteiger partial charge in [-0.3, -0.25) is 0 Å². The molecule has 20 heavy (non-hydrogen) atoms. The number of aryl methyl sites for hydroxylation is 1. The van der Waals surface area contributed by atoms with Crippen LogP contribution in [0.2, 0.25) is 15.2 Å². The Morgan fingerprint density at radius 2 is 1.70 bits per heavy atom. The normalized spacial score (nSPS) is 11.0. The molecule has 2 nitrogen and oxygen atoms in total. The second-order valence-electron chi connectivity index (χ2n) is 4.46. The summed E-state index contributed by atoms with van der Waals surface area (Å²) in [6.45, 7) is 1.94. The third-order valence-electron chi connectivity index (χ3n) is 3.04. The number of halogens is 3. The van der Waals surface area contributed by atoms with E-state index in [9.17, 15) is 0 Å². The first-order chi connectivity index (χ1) is 9.54. The van der Waals surface area contributed by atoms with Crippen LogP contribution in [0.15, 0.2) is 36.4 Å². The molecule has 0 fully saturated rings. The van der Waals surface area contributed by atoms with Gasteiger partial charge in [-0.25, -0.2) is 9.97 Å². The van der Waals surface area contributed by atoms with Gasteiger partial charge in [0.15, 0.2) is 5.82 Å². The van der Waals surface area contributed by atoms with E-state index in [0.717, 1.165) is 16.5 Å². The molecule has 0 saturated heterocycles. The van der Waals surface area contributed by atoms with Gasteiger partial charge in [0.25, 0.3) is 0 Å². The zero-order valence-electron chi connectivity index (χ0n) is 10.5. The number of nitrogens with zero attached hydrogens (tertiary/aromatic N) is 2. The van der Waals surface area contributed by atoms with Gasteiger partial charge in [0.1, 0.15) is 5.15 Å². The summed E-state index contributed by atoms with van der Waals surface area (Å²) >= 11 is 18.3. The van der Waals surface area contributed by atoms with Crippen LogP contribution in [-0.4, -0.2) is 9.97 Å². The standard InChI is InChI=1S/C15H9Cl3N2/c1-8-2-3-9(6-12(8)17)15-19-13-7-10(16)4-5-11(13)14(18)20-15/h2-7H,1H3. The lowest BCUT2D eigenvalue weighted by atomic mass is 10.1. The van der Waals surface area contributed by atoms with E-state index in [1.807, 2.05) is 31.2 Å². The summed E-state index contributed by atoms with van der Waals surface area (Å²) in [7, 11) is 0. The van der Waals surface area contributed by atoms with Gasteiger partial charge < -0.3 is 0 Å². The van der Waals surface area contributed by atoms with Gasteiger partial charge in [0.2, 0.25) is 0 Å². The number of aromatic nitrogens is 2. The highest BCUT2D eigenvalue weighted by Gasteiger charge is 2.09. The van der Waals surface area contributed by atoms with E-state index in [0.29, 0.717) is 26.5 Å². The molecule has 0 aliphatic rings. The highest BCUT2D eigenvalue weighted by Crippen LogP contribution is 2.28. The Hall–Kier alpha value is -1.35. The summed E-state index contributed by atoms with van der Waals surface area (Å²) in [5.41, 5.74) is 2.54. The van der Waals surface area contributed by atoms with Gasteiger partial charge >= 0.3 is 0 Å². The Morgan fingerprint density at radius 1 is 0.900 bits per heavy atom. The monoisotopic (exact) mass is 322 g/mol. The van der Waals surface area contributed by atoms with Crippen LogP contribution < -0.4 is 0 Å². The summed E-state index contributed by atoms with van der Waals surface area (Å²) in [5, 5.41) is 2.46. The molecule has 0 amide bonds. The van der Waals surface area contributed by atoms with Crippen molar-refractivity contribution in [1.82, 2.24) is 9.97 Å². The molecule has 100 valence electrons. The zero-order chi connectivity index (χ0) is 14.3. The molecule has 5 heteroatoms. The molecule has 0 bridgehead atoms. The predicted octanol–water partition coefficient (Wildman–Crippen LogP) is 5.57. The lowest BCUT2D eigenvalue weighted by molar-refractivity contribution is 1.22. The minimum absolute atomic E-state index is 0.401. The van der Waals surface area contributed by atoms with Crippen molar-refractivity contribution in [1.29, 1.82) is 0 Å². The Bertz CT molecular complexity index is 816. The quantitative estimate of drug-likeness (QED) is 0.547. The smallest absolute Gasteiger partial charge is 0.161 e. The third kappa shape index (κ3) is 2.47. The second-order valence-corrected chi connectivity index (χ2v) is 5.67. The summed E-state index contributed by atoms with van der Waals surface area (Å²) in [5.74, 6) is 0.534. The molecule has 1 aromatic heterocycles. The van der Waals surface area contributed by atoms with Crippen LogP contribution >= 0.6 is 34.8 Å². The third-order valence-corrected chi connectivity index (χ3v) is 3.97. The van der Waals surface area contributed by atoms with Gasteiger partial charge in [-0.05, 0) is 36.8 Å². The van der Waals surface area contributed by atoms with Crippen LogP contribution in [0.25, 0.3) is 22.3 Å². The van der Waals surface area contributed by atoms with E-state index in [2.05, 4.69) is 9.97 Å². The Balaban J connectivity index is 2.23. The molecule has 0 N–H and O–H groups in total. The molecule has 0 atom stereocenters. The van der Waals surface area contributed by atoms with E-state index in [-0.39, 0.29) is 0 Å². The molecule has 0 radical (unpaired) electrons. The minimum atomic E-state index is 0.401. The first-order valence-corrected chi connectivity index (χ1v) is 7.07. The van der Waals surface area contributed by atoms with Crippen LogP contribution in [-0.2, 0) is 0 Å².